The number of hydrogen-bond acceptors (Lipinski definition) is 3. The summed E-state index contributed by atoms with van der Waals surface area (Å²) in [6.07, 6.45) is 4.75. The zero-order valence-electron chi connectivity index (χ0n) is 10.8. The fourth-order valence-electron chi connectivity index (χ4n) is 2.57. The van der Waals surface area contributed by atoms with Crippen molar-refractivity contribution in [2.75, 3.05) is 20.2 Å². The van der Waals surface area contributed by atoms with Gasteiger partial charge in [0, 0.05) is 24.5 Å². The highest BCUT2D eigenvalue weighted by atomic mass is 35.5. The highest BCUT2D eigenvalue weighted by molar-refractivity contribution is 5.85. The van der Waals surface area contributed by atoms with Crippen LogP contribution in [-0.4, -0.2) is 30.2 Å². The zero-order chi connectivity index (χ0) is 12.4. The van der Waals surface area contributed by atoms with Gasteiger partial charge < -0.3 is 15.0 Å². The van der Waals surface area contributed by atoms with E-state index in [0.29, 0.717) is 0 Å². The van der Waals surface area contributed by atoms with E-state index in [0.717, 1.165) is 25.4 Å². The van der Waals surface area contributed by atoms with Crippen LogP contribution in [0.3, 0.4) is 0 Å². The Hall–Kier alpha value is -1.36. The molecule has 0 amide bonds. The number of aromatic nitrogens is 2. The van der Waals surface area contributed by atoms with E-state index in [1.54, 1.807) is 6.20 Å². The molecule has 19 heavy (non-hydrogen) atoms. The summed E-state index contributed by atoms with van der Waals surface area (Å²) in [6.45, 7) is 1.62. The van der Waals surface area contributed by atoms with Crippen molar-refractivity contribution >= 4 is 12.4 Å². The number of likely N-dealkylation sites (N-methyl/N-ethyl adjacent to an activating group) is 1. The topological polar surface area (TPSA) is 49.9 Å². The average molecular weight is 280 g/mol. The largest absolute Gasteiger partial charge is 0.372 e. The molecule has 1 atom stereocenters. The van der Waals surface area contributed by atoms with Gasteiger partial charge >= 0.3 is 0 Å². The van der Waals surface area contributed by atoms with Crippen LogP contribution in [0, 0.1) is 0 Å². The molecule has 4 nitrogen and oxygen atoms in total. The Labute approximate surface area is 119 Å². The maximum Gasteiger partial charge on any atom is 0.137 e. The number of benzene rings is 1. The fraction of sp³-hybridized carbons (Fsp3) is 0.357. The Balaban J connectivity index is 0.00000133. The SMILES string of the molecule is CNC[C@@H]1OCCc2c(-c3ncc[nH]3)cccc21.Cl. The lowest BCUT2D eigenvalue weighted by Gasteiger charge is -2.27. The molecule has 0 saturated heterocycles. The first kappa shape index (κ1) is 14.1. The van der Waals surface area contributed by atoms with Crippen molar-refractivity contribution in [3.63, 3.8) is 0 Å². The monoisotopic (exact) mass is 279 g/mol. The second-order valence-corrected chi connectivity index (χ2v) is 4.48. The minimum atomic E-state index is 0. The summed E-state index contributed by atoms with van der Waals surface area (Å²) >= 11 is 0. The first-order valence-electron chi connectivity index (χ1n) is 6.28. The van der Waals surface area contributed by atoms with Gasteiger partial charge in [-0.1, -0.05) is 18.2 Å². The van der Waals surface area contributed by atoms with Crippen LogP contribution in [0.25, 0.3) is 11.4 Å². The third-order valence-electron chi connectivity index (χ3n) is 3.37. The molecule has 1 aromatic heterocycles. The molecule has 1 aliphatic heterocycles. The molecule has 102 valence electrons. The van der Waals surface area contributed by atoms with Crippen molar-refractivity contribution in [2.24, 2.45) is 0 Å². The van der Waals surface area contributed by atoms with Crippen LogP contribution < -0.4 is 5.32 Å². The standard InChI is InChI=1S/C14H17N3O.ClH/c1-15-9-13-11-3-2-4-12(10(11)5-8-18-13)14-16-6-7-17-14;/h2-4,6-7,13,15H,5,8-9H2,1H3,(H,16,17);1H/t13-;/m0./s1. The minimum Gasteiger partial charge on any atom is -0.372 e. The predicted molar refractivity (Wildman–Crippen MR) is 77.6 cm³/mol. The van der Waals surface area contributed by atoms with E-state index in [1.165, 1.54) is 16.7 Å². The summed E-state index contributed by atoms with van der Waals surface area (Å²) in [5, 5.41) is 3.18. The molecule has 0 spiro atoms. The molecule has 2 N–H and O–H groups in total. The molecule has 3 rings (SSSR count). The second kappa shape index (κ2) is 6.19. The number of imidazole rings is 1. The molecule has 0 saturated carbocycles. The maximum atomic E-state index is 5.82. The van der Waals surface area contributed by atoms with Crippen molar-refractivity contribution < 1.29 is 4.74 Å². The number of hydrogen-bond donors (Lipinski definition) is 2. The number of halogens is 1. The van der Waals surface area contributed by atoms with Crippen molar-refractivity contribution in [1.29, 1.82) is 0 Å². The highest BCUT2D eigenvalue weighted by Crippen LogP contribution is 2.32. The van der Waals surface area contributed by atoms with Crippen LogP contribution in [-0.2, 0) is 11.2 Å². The Kier molecular flexibility index (Phi) is 4.58. The van der Waals surface area contributed by atoms with Crippen LogP contribution >= 0.6 is 12.4 Å². The van der Waals surface area contributed by atoms with Gasteiger partial charge in [-0.3, -0.25) is 0 Å². The van der Waals surface area contributed by atoms with Crippen molar-refractivity contribution in [3.8, 4) is 11.4 Å². The molecule has 2 aromatic rings. The number of H-pyrrole nitrogens is 1. The Bertz CT molecular complexity index is 527. The average Bonchev–Trinajstić information content (AvgIpc) is 2.93. The van der Waals surface area contributed by atoms with Crippen LogP contribution in [0.5, 0.6) is 0 Å². The van der Waals surface area contributed by atoms with Crippen LogP contribution in [0.1, 0.15) is 17.2 Å². The van der Waals surface area contributed by atoms with Gasteiger partial charge in [0.15, 0.2) is 0 Å². The molecular weight excluding hydrogens is 262 g/mol. The number of nitrogens with one attached hydrogen (secondary N) is 2. The van der Waals surface area contributed by atoms with Crippen molar-refractivity contribution in [1.82, 2.24) is 15.3 Å². The third-order valence-corrected chi connectivity index (χ3v) is 3.37. The first-order chi connectivity index (χ1) is 8.90. The summed E-state index contributed by atoms with van der Waals surface area (Å²) in [6, 6.07) is 6.36. The Morgan fingerprint density at radius 2 is 2.37 bits per heavy atom. The summed E-state index contributed by atoms with van der Waals surface area (Å²) in [5.41, 5.74) is 3.84. The predicted octanol–water partition coefficient (Wildman–Crippen LogP) is 2.33. The molecule has 2 heterocycles. The molecule has 1 aromatic carbocycles. The quantitative estimate of drug-likeness (QED) is 0.907. The third kappa shape index (κ3) is 2.66. The Morgan fingerprint density at radius 1 is 1.47 bits per heavy atom. The molecule has 0 bridgehead atoms. The lowest BCUT2D eigenvalue weighted by Crippen LogP contribution is -2.25. The van der Waals surface area contributed by atoms with E-state index in [9.17, 15) is 0 Å². The zero-order valence-corrected chi connectivity index (χ0v) is 11.7. The van der Waals surface area contributed by atoms with Gasteiger partial charge in [-0.2, -0.15) is 0 Å². The van der Waals surface area contributed by atoms with E-state index in [2.05, 4.69) is 33.5 Å². The van der Waals surface area contributed by atoms with Crippen LogP contribution in [0.2, 0.25) is 0 Å². The van der Waals surface area contributed by atoms with Gasteiger partial charge in [-0.15, -0.1) is 12.4 Å². The van der Waals surface area contributed by atoms with E-state index < -0.39 is 0 Å². The van der Waals surface area contributed by atoms with E-state index in [1.807, 2.05) is 13.2 Å². The van der Waals surface area contributed by atoms with E-state index in [4.69, 9.17) is 4.74 Å². The lowest BCUT2D eigenvalue weighted by molar-refractivity contribution is 0.0440. The summed E-state index contributed by atoms with van der Waals surface area (Å²) in [5.74, 6) is 0.942. The van der Waals surface area contributed by atoms with Gasteiger partial charge in [0.1, 0.15) is 5.82 Å². The first-order valence-corrected chi connectivity index (χ1v) is 6.28. The van der Waals surface area contributed by atoms with E-state index >= 15 is 0 Å². The van der Waals surface area contributed by atoms with Crippen LogP contribution in [0.4, 0.5) is 0 Å². The summed E-state index contributed by atoms with van der Waals surface area (Å²) in [7, 11) is 1.95. The minimum absolute atomic E-state index is 0. The Morgan fingerprint density at radius 3 is 3.11 bits per heavy atom. The molecule has 5 heteroatoms. The number of fused-ring (bicyclic) bond motifs is 1. The summed E-state index contributed by atoms with van der Waals surface area (Å²) in [4.78, 5) is 7.54. The van der Waals surface area contributed by atoms with Crippen LogP contribution in [0.15, 0.2) is 30.6 Å². The second-order valence-electron chi connectivity index (χ2n) is 4.48. The molecule has 0 aliphatic carbocycles. The number of rotatable bonds is 3. The van der Waals surface area contributed by atoms with Gasteiger partial charge in [-0.25, -0.2) is 4.98 Å². The molecule has 0 radical (unpaired) electrons. The van der Waals surface area contributed by atoms with Gasteiger partial charge in [-0.05, 0) is 24.6 Å². The highest BCUT2D eigenvalue weighted by Gasteiger charge is 2.23. The van der Waals surface area contributed by atoms with Gasteiger partial charge in [0.2, 0.25) is 0 Å². The molecule has 1 aliphatic rings. The molecule has 0 unspecified atom stereocenters. The molecule has 0 fully saturated rings. The van der Waals surface area contributed by atoms with Crippen molar-refractivity contribution in [2.45, 2.75) is 12.5 Å². The van der Waals surface area contributed by atoms with E-state index in [-0.39, 0.29) is 18.5 Å². The number of ether oxygens (including phenoxy) is 1. The molecular formula is C14H18ClN3O. The lowest BCUT2D eigenvalue weighted by atomic mass is 9.92. The smallest absolute Gasteiger partial charge is 0.137 e. The fourth-order valence-corrected chi connectivity index (χ4v) is 2.57. The van der Waals surface area contributed by atoms with Gasteiger partial charge in [0.05, 0.1) is 12.7 Å². The number of aromatic amines is 1. The number of nitrogens with zero attached hydrogens (tertiary/aromatic N) is 1. The van der Waals surface area contributed by atoms with Gasteiger partial charge in [0.25, 0.3) is 0 Å². The maximum absolute atomic E-state index is 5.82. The normalized spacial score (nSPS) is 17.6. The summed E-state index contributed by atoms with van der Waals surface area (Å²) < 4.78 is 5.82. The van der Waals surface area contributed by atoms with Crippen molar-refractivity contribution in [3.05, 3.63) is 41.7 Å².